The molecule has 1 aliphatic carbocycles. The molecule has 0 bridgehead atoms. The van der Waals surface area contributed by atoms with Gasteiger partial charge in [0.1, 0.15) is 5.82 Å². The summed E-state index contributed by atoms with van der Waals surface area (Å²) in [5.74, 6) is 0.483. The summed E-state index contributed by atoms with van der Waals surface area (Å²) >= 11 is 0. The third kappa shape index (κ3) is 3.96. The molecule has 1 aromatic carbocycles. The van der Waals surface area contributed by atoms with Gasteiger partial charge in [-0.25, -0.2) is 4.39 Å². The van der Waals surface area contributed by atoms with Crippen LogP contribution in [-0.2, 0) is 22.6 Å². The molecule has 5 nitrogen and oxygen atoms in total. The smallest absolute Gasteiger partial charge is 0.191 e. The molecule has 1 aromatic rings. The van der Waals surface area contributed by atoms with Gasteiger partial charge in [-0.3, -0.25) is 4.99 Å². The van der Waals surface area contributed by atoms with Crippen molar-refractivity contribution < 1.29 is 13.9 Å². The van der Waals surface area contributed by atoms with E-state index in [1.165, 1.54) is 6.07 Å². The van der Waals surface area contributed by atoms with Crippen LogP contribution >= 0.6 is 0 Å². The number of rotatable bonds is 6. The van der Waals surface area contributed by atoms with Crippen molar-refractivity contribution in [3.05, 3.63) is 35.1 Å². The third-order valence-corrected chi connectivity index (χ3v) is 5.68. The molecule has 0 amide bonds. The van der Waals surface area contributed by atoms with Crippen molar-refractivity contribution in [1.29, 1.82) is 0 Å². The lowest BCUT2D eigenvalue weighted by Crippen LogP contribution is -2.69. The zero-order valence-electron chi connectivity index (χ0n) is 16.1. The van der Waals surface area contributed by atoms with Crippen LogP contribution in [0.4, 0.5) is 4.39 Å². The van der Waals surface area contributed by atoms with Crippen molar-refractivity contribution in [3.63, 3.8) is 0 Å². The molecule has 1 fully saturated rings. The first kappa shape index (κ1) is 19.7. The second kappa shape index (κ2) is 7.70. The second-order valence-corrected chi connectivity index (χ2v) is 7.34. The minimum Gasteiger partial charge on any atom is -0.380 e. The molecule has 0 heterocycles. The molecule has 2 unspecified atom stereocenters. The quantitative estimate of drug-likeness (QED) is 0.611. The molecule has 0 radical (unpaired) electrons. The van der Waals surface area contributed by atoms with Gasteiger partial charge in [0.15, 0.2) is 5.96 Å². The highest BCUT2D eigenvalue weighted by molar-refractivity contribution is 5.80. The maximum atomic E-state index is 13.7. The fraction of sp³-hybridized carbons (Fsp3) is 0.632. The topological polar surface area (TPSA) is 54.9 Å². The summed E-state index contributed by atoms with van der Waals surface area (Å²) in [5, 5.41) is 6.76. The van der Waals surface area contributed by atoms with Crippen LogP contribution in [0.5, 0.6) is 0 Å². The Morgan fingerprint density at radius 2 is 2.04 bits per heavy atom. The van der Waals surface area contributed by atoms with E-state index < -0.39 is 0 Å². The van der Waals surface area contributed by atoms with Gasteiger partial charge < -0.3 is 20.1 Å². The molecular weight excluding hydrogens is 321 g/mol. The molecule has 2 N–H and O–H groups in total. The van der Waals surface area contributed by atoms with E-state index in [2.05, 4.69) is 36.4 Å². The fourth-order valence-electron chi connectivity index (χ4n) is 3.27. The van der Waals surface area contributed by atoms with Crippen LogP contribution in [0, 0.1) is 11.2 Å². The lowest BCUT2D eigenvalue weighted by molar-refractivity contribution is -0.176. The molecular formula is C19H30FN3O2. The highest BCUT2D eigenvalue weighted by Gasteiger charge is 2.58. The zero-order chi connectivity index (χ0) is 18.7. The summed E-state index contributed by atoms with van der Waals surface area (Å²) in [7, 11) is 5.07. The maximum Gasteiger partial charge on any atom is 0.191 e. The van der Waals surface area contributed by atoms with E-state index in [4.69, 9.17) is 9.47 Å². The predicted octanol–water partition coefficient (Wildman–Crippen LogP) is 2.84. The Morgan fingerprint density at radius 3 is 2.60 bits per heavy atom. The molecule has 2 rings (SSSR count). The lowest BCUT2D eigenvalue weighted by Gasteiger charge is -2.59. The molecule has 0 saturated heterocycles. The fourth-order valence-corrected chi connectivity index (χ4v) is 3.27. The van der Waals surface area contributed by atoms with E-state index in [0.717, 1.165) is 17.9 Å². The number of guanidine groups is 1. The second-order valence-electron chi connectivity index (χ2n) is 7.34. The van der Waals surface area contributed by atoms with E-state index in [0.29, 0.717) is 12.1 Å². The van der Waals surface area contributed by atoms with Crippen molar-refractivity contribution in [2.75, 3.05) is 21.3 Å². The van der Waals surface area contributed by atoms with Crippen LogP contribution < -0.4 is 10.6 Å². The first-order chi connectivity index (χ1) is 11.8. The van der Waals surface area contributed by atoms with Gasteiger partial charge in [-0.1, -0.05) is 19.9 Å². The monoisotopic (exact) mass is 351 g/mol. The van der Waals surface area contributed by atoms with Crippen LogP contribution in [0.25, 0.3) is 0 Å². The van der Waals surface area contributed by atoms with Crippen molar-refractivity contribution in [2.24, 2.45) is 10.4 Å². The van der Waals surface area contributed by atoms with Gasteiger partial charge in [0.05, 0.1) is 12.2 Å². The average Bonchev–Trinajstić information content (AvgIpc) is 2.59. The highest BCUT2D eigenvalue weighted by Crippen LogP contribution is 2.51. The number of nitrogens with one attached hydrogen (secondary N) is 2. The Labute approximate surface area is 150 Å². The molecule has 140 valence electrons. The molecule has 0 aliphatic heterocycles. The Morgan fingerprint density at radius 1 is 1.32 bits per heavy atom. The van der Waals surface area contributed by atoms with E-state index in [1.807, 2.05) is 6.07 Å². The summed E-state index contributed by atoms with van der Waals surface area (Å²) in [6, 6.07) is 5.33. The van der Waals surface area contributed by atoms with Crippen LogP contribution in [0.2, 0.25) is 0 Å². The first-order valence-corrected chi connectivity index (χ1v) is 8.56. The minimum atomic E-state index is -0.247. The number of hydrogen-bond donors (Lipinski definition) is 2. The zero-order valence-corrected chi connectivity index (χ0v) is 16.1. The maximum absolute atomic E-state index is 13.7. The Balaban J connectivity index is 1.95. The van der Waals surface area contributed by atoms with E-state index in [-0.39, 0.29) is 29.5 Å². The number of hydrogen-bond acceptors (Lipinski definition) is 3. The van der Waals surface area contributed by atoms with E-state index in [9.17, 15) is 4.39 Å². The van der Waals surface area contributed by atoms with Gasteiger partial charge >= 0.3 is 0 Å². The van der Waals surface area contributed by atoms with Crippen molar-refractivity contribution in [3.8, 4) is 0 Å². The lowest BCUT2D eigenvalue weighted by atomic mass is 9.56. The van der Waals surface area contributed by atoms with Crippen LogP contribution in [0.1, 0.15) is 38.3 Å². The molecule has 0 spiro atoms. The summed E-state index contributed by atoms with van der Waals surface area (Å²) in [6.45, 7) is 7.35. The van der Waals surface area contributed by atoms with E-state index in [1.54, 1.807) is 27.3 Å². The van der Waals surface area contributed by atoms with Crippen LogP contribution in [-0.4, -0.2) is 38.9 Å². The van der Waals surface area contributed by atoms with Gasteiger partial charge in [-0.2, -0.15) is 0 Å². The largest absolute Gasteiger partial charge is 0.380 e. The minimum absolute atomic E-state index is 0.000873. The normalized spacial score (nSPS) is 25.4. The third-order valence-electron chi connectivity index (χ3n) is 5.68. The highest BCUT2D eigenvalue weighted by atomic mass is 19.1. The summed E-state index contributed by atoms with van der Waals surface area (Å²) in [4.78, 5) is 4.30. The molecule has 0 aromatic heterocycles. The van der Waals surface area contributed by atoms with E-state index >= 15 is 0 Å². The van der Waals surface area contributed by atoms with Gasteiger partial charge in [0.2, 0.25) is 0 Å². The Kier molecular flexibility index (Phi) is 6.06. The van der Waals surface area contributed by atoms with Crippen LogP contribution in [0.15, 0.2) is 23.2 Å². The number of halogens is 1. The molecule has 2 atom stereocenters. The number of methoxy groups -OCH3 is 2. The van der Waals surface area contributed by atoms with Gasteiger partial charge in [-0.05, 0) is 31.0 Å². The van der Waals surface area contributed by atoms with Crippen molar-refractivity contribution >= 4 is 5.96 Å². The van der Waals surface area contributed by atoms with Crippen LogP contribution in [0.3, 0.4) is 0 Å². The number of benzene rings is 1. The molecule has 1 aliphatic rings. The van der Waals surface area contributed by atoms with Crippen molar-refractivity contribution in [1.82, 2.24) is 10.6 Å². The molecule has 6 heteroatoms. The summed E-state index contributed by atoms with van der Waals surface area (Å²) < 4.78 is 24.4. The number of ether oxygens (including phenoxy) is 2. The van der Waals surface area contributed by atoms with Gasteiger partial charge in [0, 0.05) is 44.8 Å². The molecule has 1 saturated carbocycles. The molecule has 25 heavy (non-hydrogen) atoms. The average molecular weight is 351 g/mol. The number of nitrogens with zero attached hydrogens (tertiary/aromatic N) is 1. The standard InChI is InChI=1S/C19H30FN3O2/c1-18(2)16(10-19(18,3)25-6)23-17(21-4)22-11-13-7-8-15(20)14(9-13)12-24-5/h7-9,16H,10-12H2,1-6H3,(H2,21,22,23). The summed E-state index contributed by atoms with van der Waals surface area (Å²) in [5.41, 5.74) is 1.41. The first-order valence-electron chi connectivity index (χ1n) is 8.56. The Hall–Kier alpha value is -1.66. The Bertz CT molecular complexity index is 633. The van der Waals surface area contributed by atoms with Crippen molar-refractivity contribution in [2.45, 2.75) is 52.0 Å². The SMILES string of the molecule is CN=C(NCc1ccc(F)c(COC)c1)NC1CC(C)(OC)C1(C)C. The number of aliphatic imine (C=N–C) groups is 1. The predicted molar refractivity (Wildman–Crippen MR) is 98.0 cm³/mol. The van der Waals surface area contributed by atoms with Gasteiger partial charge in [-0.15, -0.1) is 0 Å². The van der Waals surface area contributed by atoms with Gasteiger partial charge in [0.25, 0.3) is 0 Å². The summed E-state index contributed by atoms with van der Waals surface area (Å²) in [6.07, 6.45) is 0.922.